The van der Waals surface area contributed by atoms with Crippen LogP contribution in [0.3, 0.4) is 0 Å². The van der Waals surface area contributed by atoms with Crippen LogP contribution in [-0.2, 0) is 4.79 Å². The number of nitrogens with one attached hydrogen (secondary N) is 2. The molecule has 0 fully saturated rings. The summed E-state index contributed by atoms with van der Waals surface area (Å²) in [4.78, 5) is 15.8. The van der Waals surface area contributed by atoms with Crippen molar-refractivity contribution in [3.05, 3.63) is 60.9 Å². The van der Waals surface area contributed by atoms with Crippen molar-refractivity contribution in [2.45, 2.75) is 0 Å². The molecule has 0 radical (unpaired) electrons. The standard InChI is InChI=1S/C16H17N3O3/c1-12(15-5-3-4-10-17-15)18-19-16(20)11-22-14-8-6-13(21-2)7-9-14/h3-10,18H,1,11H2,2H3,(H,19,20). The minimum absolute atomic E-state index is 0.116. The number of hydrogen-bond acceptors (Lipinski definition) is 5. The molecule has 1 aromatic carbocycles. The first-order valence-electron chi connectivity index (χ1n) is 6.61. The molecule has 0 aliphatic rings. The Labute approximate surface area is 128 Å². The number of carbonyl (C=O) groups excluding carboxylic acids is 1. The Balaban J connectivity index is 1.74. The number of carbonyl (C=O) groups is 1. The van der Waals surface area contributed by atoms with E-state index in [1.807, 2.05) is 6.07 Å². The monoisotopic (exact) mass is 299 g/mol. The molecule has 0 aliphatic heterocycles. The van der Waals surface area contributed by atoms with Gasteiger partial charge in [0.1, 0.15) is 11.5 Å². The zero-order valence-electron chi connectivity index (χ0n) is 12.2. The summed E-state index contributed by atoms with van der Waals surface area (Å²) in [6.45, 7) is 3.67. The minimum Gasteiger partial charge on any atom is -0.497 e. The summed E-state index contributed by atoms with van der Waals surface area (Å²) in [6, 6.07) is 12.4. The van der Waals surface area contributed by atoms with Crippen molar-refractivity contribution in [1.82, 2.24) is 15.8 Å². The van der Waals surface area contributed by atoms with E-state index in [0.29, 0.717) is 17.1 Å². The van der Waals surface area contributed by atoms with Crippen molar-refractivity contribution < 1.29 is 14.3 Å². The van der Waals surface area contributed by atoms with E-state index in [1.54, 1.807) is 49.7 Å². The second-order valence-corrected chi connectivity index (χ2v) is 4.33. The molecule has 22 heavy (non-hydrogen) atoms. The average Bonchev–Trinajstić information content (AvgIpc) is 2.59. The van der Waals surface area contributed by atoms with Crippen molar-refractivity contribution in [2.75, 3.05) is 13.7 Å². The number of amides is 1. The second kappa shape index (κ2) is 7.68. The van der Waals surface area contributed by atoms with Crippen LogP contribution in [0.4, 0.5) is 0 Å². The van der Waals surface area contributed by atoms with Crippen LogP contribution in [0, 0.1) is 0 Å². The Hall–Kier alpha value is -3.02. The van der Waals surface area contributed by atoms with Crippen LogP contribution in [-0.4, -0.2) is 24.6 Å². The third kappa shape index (κ3) is 4.52. The Morgan fingerprint density at radius 3 is 2.50 bits per heavy atom. The summed E-state index contributed by atoms with van der Waals surface area (Å²) < 4.78 is 10.4. The first-order chi connectivity index (χ1) is 10.7. The summed E-state index contributed by atoms with van der Waals surface area (Å²) in [5, 5.41) is 0. The number of methoxy groups -OCH3 is 1. The lowest BCUT2D eigenvalue weighted by molar-refractivity contribution is -0.123. The number of pyridine rings is 1. The van der Waals surface area contributed by atoms with Gasteiger partial charge >= 0.3 is 0 Å². The third-order valence-corrected chi connectivity index (χ3v) is 2.76. The fourth-order valence-corrected chi connectivity index (χ4v) is 1.61. The van der Waals surface area contributed by atoms with E-state index < -0.39 is 0 Å². The van der Waals surface area contributed by atoms with Gasteiger partial charge in [-0.15, -0.1) is 0 Å². The highest BCUT2D eigenvalue weighted by molar-refractivity contribution is 5.78. The SMILES string of the molecule is C=C(NNC(=O)COc1ccc(OC)cc1)c1ccccn1. The number of ether oxygens (including phenoxy) is 2. The zero-order valence-corrected chi connectivity index (χ0v) is 12.2. The van der Waals surface area contributed by atoms with Crippen molar-refractivity contribution in [1.29, 1.82) is 0 Å². The Morgan fingerprint density at radius 2 is 1.86 bits per heavy atom. The van der Waals surface area contributed by atoms with Gasteiger partial charge in [-0.1, -0.05) is 12.6 Å². The van der Waals surface area contributed by atoms with Crippen LogP contribution >= 0.6 is 0 Å². The van der Waals surface area contributed by atoms with Crippen molar-refractivity contribution in [3.63, 3.8) is 0 Å². The molecular formula is C16H17N3O3. The van der Waals surface area contributed by atoms with Gasteiger partial charge in [-0.2, -0.15) is 0 Å². The normalized spacial score (nSPS) is 9.68. The third-order valence-electron chi connectivity index (χ3n) is 2.76. The first kappa shape index (κ1) is 15.4. The summed E-state index contributed by atoms with van der Waals surface area (Å²) >= 11 is 0. The highest BCUT2D eigenvalue weighted by atomic mass is 16.5. The van der Waals surface area contributed by atoms with E-state index in [4.69, 9.17) is 9.47 Å². The number of hydrogen-bond donors (Lipinski definition) is 2. The lowest BCUT2D eigenvalue weighted by Crippen LogP contribution is -2.39. The molecule has 6 nitrogen and oxygen atoms in total. The molecule has 1 heterocycles. The maximum Gasteiger partial charge on any atom is 0.276 e. The molecule has 2 rings (SSSR count). The molecular weight excluding hydrogens is 282 g/mol. The lowest BCUT2D eigenvalue weighted by atomic mass is 10.3. The fourth-order valence-electron chi connectivity index (χ4n) is 1.61. The van der Waals surface area contributed by atoms with Gasteiger partial charge in [-0.25, -0.2) is 0 Å². The molecule has 0 spiro atoms. The van der Waals surface area contributed by atoms with Crippen molar-refractivity contribution >= 4 is 11.6 Å². The average molecular weight is 299 g/mol. The van der Waals surface area contributed by atoms with E-state index in [0.717, 1.165) is 5.75 Å². The summed E-state index contributed by atoms with van der Waals surface area (Å²) in [7, 11) is 1.59. The molecule has 0 saturated heterocycles. The fraction of sp³-hybridized carbons (Fsp3) is 0.125. The van der Waals surface area contributed by atoms with Crippen LogP contribution in [0.1, 0.15) is 5.69 Å². The van der Waals surface area contributed by atoms with Gasteiger partial charge < -0.3 is 9.47 Å². The maximum atomic E-state index is 11.7. The lowest BCUT2D eigenvalue weighted by Gasteiger charge is -2.11. The topological polar surface area (TPSA) is 72.5 Å². The van der Waals surface area contributed by atoms with E-state index in [1.165, 1.54) is 0 Å². The van der Waals surface area contributed by atoms with Crippen molar-refractivity contribution in [2.24, 2.45) is 0 Å². The van der Waals surface area contributed by atoms with Gasteiger partial charge in [0.25, 0.3) is 5.91 Å². The molecule has 1 amide bonds. The van der Waals surface area contributed by atoms with Crippen LogP contribution in [0.15, 0.2) is 55.2 Å². The van der Waals surface area contributed by atoms with E-state index in [9.17, 15) is 4.79 Å². The summed E-state index contributed by atoms with van der Waals surface area (Å²) in [5.41, 5.74) is 6.34. The van der Waals surface area contributed by atoms with Crippen LogP contribution in [0.2, 0.25) is 0 Å². The molecule has 0 bridgehead atoms. The molecule has 2 aromatic rings. The van der Waals surface area contributed by atoms with Gasteiger partial charge in [0, 0.05) is 6.20 Å². The predicted molar refractivity (Wildman–Crippen MR) is 83.0 cm³/mol. The summed E-state index contributed by atoms with van der Waals surface area (Å²) in [6.07, 6.45) is 1.65. The number of aromatic nitrogens is 1. The second-order valence-electron chi connectivity index (χ2n) is 4.33. The summed E-state index contributed by atoms with van der Waals surface area (Å²) in [5.74, 6) is 0.984. The molecule has 0 aliphatic carbocycles. The van der Waals surface area contributed by atoms with Gasteiger partial charge in [0.05, 0.1) is 18.5 Å². The number of rotatable bonds is 7. The van der Waals surface area contributed by atoms with Gasteiger partial charge in [0.2, 0.25) is 0 Å². The van der Waals surface area contributed by atoms with Crippen molar-refractivity contribution in [3.8, 4) is 11.5 Å². The Kier molecular flexibility index (Phi) is 5.37. The largest absolute Gasteiger partial charge is 0.497 e. The molecule has 6 heteroatoms. The molecule has 1 aromatic heterocycles. The highest BCUT2D eigenvalue weighted by Gasteiger charge is 2.04. The van der Waals surface area contributed by atoms with E-state index >= 15 is 0 Å². The number of benzene rings is 1. The molecule has 114 valence electrons. The molecule has 0 atom stereocenters. The van der Waals surface area contributed by atoms with Crippen LogP contribution < -0.4 is 20.3 Å². The molecule has 0 unspecified atom stereocenters. The maximum absolute atomic E-state index is 11.7. The highest BCUT2D eigenvalue weighted by Crippen LogP contribution is 2.16. The predicted octanol–water partition coefficient (Wildman–Crippen LogP) is 1.76. The number of hydrazine groups is 1. The van der Waals surface area contributed by atoms with E-state index in [2.05, 4.69) is 22.4 Å². The quantitative estimate of drug-likeness (QED) is 0.762. The minimum atomic E-state index is -0.326. The molecule has 0 saturated carbocycles. The smallest absolute Gasteiger partial charge is 0.276 e. The van der Waals surface area contributed by atoms with Crippen LogP contribution in [0.25, 0.3) is 5.70 Å². The molecule has 2 N–H and O–H groups in total. The Bertz CT molecular complexity index is 627. The number of nitrogens with zero attached hydrogens (tertiary/aromatic N) is 1. The zero-order chi connectivity index (χ0) is 15.8. The van der Waals surface area contributed by atoms with E-state index in [-0.39, 0.29) is 12.5 Å². The van der Waals surface area contributed by atoms with Gasteiger partial charge in [-0.05, 0) is 36.4 Å². The van der Waals surface area contributed by atoms with Gasteiger partial charge in [0.15, 0.2) is 6.61 Å². The Morgan fingerprint density at radius 1 is 1.14 bits per heavy atom. The first-order valence-corrected chi connectivity index (χ1v) is 6.61. The van der Waals surface area contributed by atoms with Crippen LogP contribution in [0.5, 0.6) is 11.5 Å². The van der Waals surface area contributed by atoms with Gasteiger partial charge in [-0.3, -0.25) is 20.6 Å².